The molecule has 0 bridgehead atoms. The fourth-order valence-electron chi connectivity index (χ4n) is 1.07. The lowest BCUT2D eigenvalue weighted by Gasteiger charge is -2.03. The van der Waals surface area contributed by atoms with E-state index in [-0.39, 0.29) is 6.67 Å². The van der Waals surface area contributed by atoms with Crippen LogP contribution in [0.2, 0.25) is 0 Å². The molecule has 0 spiro atoms. The first kappa shape index (κ1) is 11.0. The second-order valence-electron chi connectivity index (χ2n) is 2.97. The molecule has 4 heteroatoms. The predicted molar refractivity (Wildman–Crippen MR) is 48.7 cm³/mol. The van der Waals surface area contributed by atoms with Gasteiger partial charge < -0.3 is 5.32 Å². The van der Waals surface area contributed by atoms with Gasteiger partial charge in [-0.1, -0.05) is 6.07 Å². The zero-order valence-electron chi connectivity index (χ0n) is 7.69. The van der Waals surface area contributed by atoms with Gasteiger partial charge in [-0.3, -0.25) is 4.39 Å². The van der Waals surface area contributed by atoms with Crippen LogP contribution in [0, 0.1) is 11.6 Å². The summed E-state index contributed by atoms with van der Waals surface area (Å²) in [5, 5.41) is 2.92. The van der Waals surface area contributed by atoms with E-state index < -0.39 is 11.6 Å². The molecule has 0 fully saturated rings. The first-order valence-corrected chi connectivity index (χ1v) is 4.44. The maximum Gasteiger partial charge on any atom is 0.159 e. The molecule has 0 saturated carbocycles. The van der Waals surface area contributed by atoms with Crippen LogP contribution in [0.3, 0.4) is 0 Å². The van der Waals surface area contributed by atoms with Crippen LogP contribution < -0.4 is 5.32 Å². The minimum atomic E-state index is -0.852. The summed E-state index contributed by atoms with van der Waals surface area (Å²) in [6, 6.07) is 3.72. The Bertz CT molecular complexity index is 289. The summed E-state index contributed by atoms with van der Waals surface area (Å²) in [6.07, 6.45) is 0.434. The number of halogens is 3. The van der Waals surface area contributed by atoms with E-state index in [1.54, 1.807) is 0 Å². The van der Waals surface area contributed by atoms with E-state index in [0.29, 0.717) is 25.1 Å². The lowest BCUT2D eigenvalue weighted by Crippen LogP contribution is -2.15. The van der Waals surface area contributed by atoms with Gasteiger partial charge in [0.05, 0.1) is 6.67 Å². The van der Waals surface area contributed by atoms with Gasteiger partial charge in [0, 0.05) is 6.54 Å². The Hall–Kier alpha value is -1.03. The van der Waals surface area contributed by atoms with E-state index in [0.717, 1.165) is 12.1 Å². The van der Waals surface area contributed by atoms with Crippen LogP contribution in [0.15, 0.2) is 18.2 Å². The highest BCUT2D eigenvalue weighted by atomic mass is 19.2. The highest BCUT2D eigenvalue weighted by molar-refractivity contribution is 5.17. The van der Waals surface area contributed by atoms with Crippen molar-refractivity contribution in [3.63, 3.8) is 0 Å². The molecule has 0 aliphatic heterocycles. The lowest BCUT2D eigenvalue weighted by molar-refractivity contribution is 0.458. The zero-order valence-corrected chi connectivity index (χ0v) is 7.69. The highest BCUT2D eigenvalue weighted by Crippen LogP contribution is 2.08. The number of alkyl halides is 1. The molecule has 1 nitrogen and oxygen atoms in total. The van der Waals surface area contributed by atoms with E-state index in [9.17, 15) is 13.2 Å². The summed E-state index contributed by atoms with van der Waals surface area (Å²) in [5.41, 5.74) is 0.655. The number of hydrogen-bond donors (Lipinski definition) is 1. The standard InChI is InChI=1S/C10H12F3N/c11-4-1-5-14-7-8-2-3-9(12)10(13)6-8/h2-3,6,14H,1,4-5,7H2. The molecule has 0 heterocycles. The van der Waals surface area contributed by atoms with Gasteiger partial charge in [0.25, 0.3) is 0 Å². The summed E-state index contributed by atoms with van der Waals surface area (Å²) in [4.78, 5) is 0. The normalized spacial score (nSPS) is 10.5. The molecular weight excluding hydrogens is 191 g/mol. The Morgan fingerprint density at radius 3 is 2.57 bits per heavy atom. The molecular formula is C10H12F3N. The minimum absolute atomic E-state index is 0.370. The van der Waals surface area contributed by atoms with Crippen LogP contribution in [-0.2, 0) is 6.54 Å². The van der Waals surface area contributed by atoms with Gasteiger partial charge in [0.1, 0.15) is 0 Å². The van der Waals surface area contributed by atoms with Gasteiger partial charge in [-0.25, -0.2) is 8.78 Å². The van der Waals surface area contributed by atoms with Crippen LogP contribution >= 0.6 is 0 Å². The van der Waals surface area contributed by atoms with Crippen molar-refractivity contribution in [3.8, 4) is 0 Å². The van der Waals surface area contributed by atoms with Crippen molar-refractivity contribution in [1.29, 1.82) is 0 Å². The number of hydrogen-bond acceptors (Lipinski definition) is 1. The first-order chi connectivity index (χ1) is 6.74. The topological polar surface area (TPSA) is 12.0 Å². The van der Waals surface area contributed by atoms with Crippen molar-refractivity contribution >= 4 is 0 Å². The van der Waals surface area contributed by atoms with Gasteiger partial charge in [-0.05, 0) is 30.7 Å². The third kappa shape index (κ3) is 3.38. The quantitative estimate of drug-likeness (QED) is 0.724. The molecule has 0 aliphatic carbocycles. The third-order valence-corrected chi connectivity index (χ3v) is 1.80. The zero-order chi connectivity index (χ0) is 10.4. The Morgan fingerprint density at radius 1 is 1.14 bits per heavy atom. The molecule has 0 amide bonds. The predicted octanol–water partition coefficient (Wildman–Crippen LogP) is 2.41. The molecule has 0 atom stereocenters. The monoisotopic (exact) mass is 203 g/mol. The summed E-state index contributed by atoms with van der Waals surface area (Å²) in [6.45, 7) is 0.595. The Labute approximate surface area is 80.9 Å². The molecule has 14 heavy (non-hydrogen) atoms. The van der Waals surface area contributed by atoms with Crippen LogP contribution in [0.1, 0.15) is 12.0 Å². The van der Waals surface area contributed by atoms with Crippen LogP contribution in [-0.4, -0.2) is 13.2 Å². The van der Waals surface area contributed by atoms with Crippen molar-refractivity contribution < 1.29 is 13.2 Å². The van der Waals surface area contributed by atoms with Gasteiger partial charge in [-0.15, -0.1) is 0 Å². The molecule has 78 valence electrons. The Balaban J connectivity index is 2.39. The van der Waals surface area contributed by atoms with E-state index in [1.165, 1.54) is 6.07 Å². The molecule has 0 radical (unpaired) electrons. The second-order valence-corrected chi connectivity index (χ2v) is 2.97. The highest BCUT2D eigenvalue weighted by Gasteiger charge is 2.01. The van der Waals surface area contributed by atoms with Gasteiger partial charge >= 0.3 is 0 Å². The average Bonchev–Trinajstić information content (AvgIpc) is 2.18. The van der Waals surface area contributed by atoms with E-state index in [1.807, 2.05) is 0 Å². The molecule has 1 aromatic carbocycles. The minimum Gasteiger partial charge on any atom is -0.313 e. The van der Waals surface area contributed by atoms with E-state index >= 15 is 0 Å². The second kappa shape index (κ2) is 5.65. The number of rotatable bonds is 5. The SMILES string of the molecule is FCCCNCc1ccc(F)c(F)c1. The smallest absolute Gasteiger partial charge is 0.159 e. The average molecular weight is 203 g/mol. The Morgan fingerprint density at radius 2 is 1.93 bits per heavy atom. The maximum atomic E-state index is 12.7. The summed E-state index contributed by atoms with van der Waals surface area (Å²) < 4.78 is 36.9. The molecule has 0 aliphatic rings. The summed E-state index contributed by atoms with van der Waals surface area (Å²) >= 11 is 0. The molecule has 1 N–H and O–H groups in total. The van der Waals surface area contributed by atoms with E-state index in [4.69, 9.17) is 0 Å². The van der Waals surface area contributed by atoms with Crippen LogP contribution in [0.25, 0.3) is 0 Å². The number of nitrogens with one attached hydrogen (secondary N) is 1. The fraction of sp³-hybridized carbons (Fsp3) is 0.400. The summed E-state index contributed by atoms with van der Waals surface area (Å²) in [7, 11) is 0. The fourth-order valence-corrected chi connectivity index (χ4v) is 1.07. The van der Waals surface area contributed by atoms with Gasteiger partial charge in [-0.2, -0.15) is 0 Å². The molecule has 1 aromatic rings. The molecule has 1 rings (SSSR count). The molecule has 0 unspecified atom stereocenters. The maximum absolute atomic E-state index is 12.7. The molecule has 0 aromatic heterocycles. The van der Waals surface area contributed by atoms with Crippen molar-refractivity contribution in [2.45, 2.75) is 13.0 Å². The van der Waals surface area contributed by atoms with Gasteiger partial charge in [0.2, 0.25) is 0 Å². The van der Waals surface area contributed by atoms with Crippen molar-refractivity contribution in [3.05, 3.63) is 35.4 Å². The van der Waals surface area contributed by atoms with Crippen molar-refractivity contribution in [2.24, 2.45) is 0 Å². The van der Waals surface area contributed by atoms with Crippen LogP contribution in [0.4, 0.5) is 13.2 Å². The Kier molecular flexibility index (Phi) is 4.46. The molecule has 0 saturated heterocycles. The van der Waals surface area contributed by atoms with Gasteiger partial charge in [0.15, 0.2) is 11.6 Å². The van der Waals surface area contributed by atoms with Crippen LogP contribution in [0.5, 0.6) is 0 Å². The first-order valence-electron chi connectivity index (χ1n) is 4.44. The third-order valence-electron chi connectivity index (χ3n) is 1.80. The van der Waals surface area contributed by atoms with E-state index in [2.05, 4.69) is 5.32 Å². The number of benzene rings is 1. The largest absolute Gasteiger partial charge is 0.313 e. The van der Waals surface area contributed by atoms with Crippen molar-refractivity contribution in [2.75, 3.05) is 13.2 Å². The summed E-state index contributed by atoms with van der Waals surface area (Å²) in [5.74, 6) is -1.70. The van der Waals surface area contributed by atoms with Crippen molar-refractivity contribution in [1.82, 2.24) is 5.32 Å². The lowest BCUT2D eigenvalue weighted by atomic mass is 10.2.